The number of nitro groups is 1. The fourth-order valence-corrected chi connectivity index (χ4v) is 2.62. The molecule has 0 amide bonds. The number of aryl methyl sites for hydroxylation is 1. The van der Waals surface area contributed by atoms with E-state index in [4.69, 9.17) is 0 Å². The van der Waals surface area contributed by atoms with E-state index in [0.717, 1.165) is 15.2 Å². The average Bonchev–Trinajstić information content (AvgIpc) is 2.62. The van der Waals surface area contributed by atoms with Crippen molar-refractivity contribution in [1.82, 2.24) is 14.1 Å². The molecule has 2 heterocycles. The van der Waals surface area contributed by atoms with Crippen LogP contribution >= 0.6 is 0 Å². The highest BCUT2D eigenvalue weighted by Gasteiger charge is 2.33. The number of aromatic nitrogens is 3. The fraction of sp³-hybridized carbons (Fsp3) is 0.188. The van der Waals surface area contributed by atoms with Gasteiger partial charge in [-0.25, -0.2) is 9.78 Å². The van der Waals surface area contributed by atoms with E-state index >= 15 is 0 Å². The summed E-state index contributed by atoms with van der Waals surface area (Å²) in [4.78, 5) is 38.7. The van der Waals surface area contributed by atoms with Crippen LogP contribution in [-0.4, -0.2) is 19.0 Å². The lowest BCUT2D eigenvalue weighted by Crippen LogP contribution is -2.39. The SMILES string of the molecule is Cn1c(=O)n(Cc2cccc([N+](=O)[O-])c2)c(=O)c2ccc(C(F)(F)F)nc21. The van der Waals surface area contributed by atoms with Crippen LogP contribution in [0.15, 0.2) is 46.0 Å². The molecule has 0 aliphatic carbocycles. The molecular weight excluding hydrogens is 369 g/mol. The van der Waals surface area contributed by atoms with Crippen molar-refractivity contribution < 1.29 is 18.1 Å². The van der Waals surface area contributed by atoms with Gasteiger partial charge in [0.2, 0.25) is 0 Å². The normalized spacial score (nSPS) is 11.7. The topological polar surface area (TPSA) is 100 Å². The lowest BCUT2D eigenvalue weighted by Gasteiger charge is -2.12. The molecule has 1 aromatic carbocycles. The molecule has 0 atom stereocenters. The molecule has 0 saturated heterocycles. The van der Waals surface area contributed by atoms with Gasteiger partial charge in [-0.15, -0.1) is 0 Å². The van der Waals surface area contributed by atoms with E-state index in [2.05, 4.69) is 4.98 Å². The highest BCUT2D eigenvalue weighted by Crippen LogP contribution is 2.28. The number of non-ortho nitro benzene ring substituents is 1. The minimum atomic E-state index is -4.72. The number of fused-ring (bicyclic) bond motifs is 1. The van der Waals surface area contributed by atoms with Gasteiger partial charge in [0.15, 0.2) is 0 Å². The standard InChI is InChI=1S/C16H11F3N4O4/c1-21-13-11(5-6-12(20-13)16(17,18)19)14(24)22(15(21)25)8-9-3-2-4-10(7-9)23(26)27/h2-7H,8H2,1H3. The lowest BCUT2D eigenvalue weighted by molar-refractivity contribution is -0.384. The Balaban J connectivity index is 2.18. The number of alkyl halides is 3. The highest BCUT2D eigenvalue weighted by molar-refractivity contribution is 5.74. The Hall–Kier alpha value is -3.50. The van der Waals surface area contributed by atoms with E-state index < -0.39 is 33.7 Å². The Morgan fingerprint density at radius 1 is 1.19 bits per heavy atom. The van der Waals surface area contributed by atoms with Crippen molar-refractivity contribution in [2.75, 3.05) is 0 Å². The van der Waals surface area contributed by atoms with Crippen LogP contribution in [0.5, 0.6) is 0 Å². The van der Waals surface area contributed by atoms with Gasteiger partial charge < -0.3 is 0 Å². The molecule has 0 N–H and O–H groups in total. The number of nitro benzene ring substituents is 1. The lowest BCUT2D eigenvalue weighted by atomic mass is 10.2. The van der Waals surface area contributed by atoms with Crippen LogP contribution in [0.3, 0.4) is 0 Å². The van der Waals surface area contributed by atoms with Gasteiger partial charge in [-0.2, -0.15) is 13.2 Å². The van der Waals surface area contributed by atoms with Crippen LogP contribution in [0.25, 0.3) is 11.0 Å². The molecular formula is C16H11F3N4O4. The summed E-state index contributed by atoms with van der Waals surface area (Å²) in [6, 6.07) is 6.98. The molecule has 0 unspecified atom stereocenters. The monoisotopic (exact) mass is 380 g/mol. The summed E-state index contributed by atoms with van der Waals surface area (Å²) in [6.45, 7) is -0.274. The smallest absolute Gasteiger partial charge is 0.280 e. The number of rotatable bonds is 3. The first kappa shape index (κ1) is 18.3. The summed E-state index contributed by atoms with van der Waals surface area (Å²) in [5.74, 6) is 0. The van der Waals surface area contributed by atoms with Gasteiger partial charge in [0, 0.05) is 19.2 Å². The number of hydrogen-bond acceptors (Lipinski definition) is 5. The average molecular weight is 380 g/mol. The molecule has 0 bridgehead atoms. The summed E-state index contributed by atoms with van der Waals surface area (Å²) < 4.78 is 40.1. The van der Waals surface area contributed by atoms with Gasteiger partial charge >= 0.3 is 11.9 Å². The third-order valence-electron chi connectivity index (χ3n) is 3.94. The maximum Gasteiger partial charge on any atom is 0.433 e. The number of halogens is 3. The van der Waals surface area contributed by atoms with E-state index in [-0.39, 0.29) is 17.6 Å². The van der Waals surface area contributed by atoms with Crippen molar-refractivity contribution in [2.24, 2.45) is 7.05 Å². The third-order valence-corrected chi connectivity index (χ3v) is 3.94. The molecule has 3 rings (SSSR count). The maximum atomic E-state index is 12.8. The first-order chi connectivity index (χ1) is 12.6. The molecule has 3 aromatic rings. The summed E-state index contributed by atoms with van der Waals surface area (Å²) in [5.41, 5.74) is -3.22. The van der Waals surface area contributed by atoms with Crippen molar-refractivity contribution in [1.29, 1.82) is 0 Å². The van der Waals surface area contributed by atoms with Crippen LogP contribution in [0.2, 0.25) is 0 Å². The minimum Gasteiger partial charge on any atom is -0.280 e. The van der Waals surface area contributed by atoms with Crippen molar-refractivity contribution >= 4 is 16.7 Å². The molecule has 0 saturated carbocycles. The van der Waals surface area contributed by atoms with E-state index in [1.165, 1.54) is 31.3 Å². The van der Waals surface area contributed by atoms with Gasteiger partial charge in [0.05, 0.1) is 16.9 Å². The molecule has 140 valence electrons. The van der Waals surface area contributed by atoms with Crippen LogP contribution in [0.4, 0.5) is 18.9 Å². The second kappa shape index (κ2) is 6.34. The number of pyridine rings is 1. The minimum absolute atomic E-state index is 0.171. The van der Waals surface area contributed by atoms with Crippen LogP contribution in [-0.2, 0) is 19.8 Å². The van der Waals surface area contributed by atoms with Gasteiger partial charge in [0.1, 0.15) is 11.3 Å². The van der Waals surface area contributed by atoms with Crippen LogP contribution < -0.4 is 11.2 Å². The first-order valence-electron chi connectivity index (χ1n) is 7.50. The molecule has 0 spiro atoms. The molecule has 27 heavy (non-hydrogen) atoms. The summed E-state index contributed by atoms with van der Waals surface area (Å²) in [7, 11) is 1.20. The Morgan fingerprint density at radius 2 is 1.89 bits per heavy atom. The summed E-state index contributed by atoms with van der Waals surface area (Å²) >= 11 is 0. The maximum absolute atomic E-state index is 12.8. The third kappa shape index (κ3) is 3.30. The fourth-order valence-electron chi connectivity index (χ4n) is 2.62. The van der Waals surface area contributed by atoms with Crippen molar-refractivity contribution in [2.45, 2.75) is 12.7 Å². The first-order valence-corrected chi connectivity index (χ1v) is 7.50. The zero-order chi connectivity index (χ0) is 19.9. The van der Waals surface area contributed by atoms with Gasteiger partial charge in [0.25, 0.3) is 11.2 Å². The number of benzene rings is 1. The largest absolute Gasteiger partial charge is 0.433 e. The predicted octanol–water partition coefficient (Wildman–Crippen LogP) is 2.07. The van der Waals surface area contributed by atoms with Gasteiger partial charge in [-0.05, 0) is 17.7 Å². The predicted molar refractivity (Wildman–Crippen MR) is 88.4 cm³/mol. The molecule has 0 radical (unpaired) electrons. The van der Waals surface area contributed by atoms with E-state index in [9.17, 15) is 32.9 Å². The van der Waals surface area contributed by atoms with E-state index in [1.807, 2.05) is 0 Å². The highest BCUT2D eigenvalue weighted by atomic mass is 19.4. The second-order valence-electron chi connectivity index (χ2n) is 5.73. The Morgan fingerprint density at radius 3 is 2.52 bits per heavy atom. The molecule has 2 aromatic heterocycles. The van der Waals surface area contributed by atoms with Crippen molar-refractivity contribution in [3.8, 4) is 0 Å². The summed E-state index contributed by atoms with van der Waals surface area (Å²) in [6.07, 6.45) is -4.72. The van der Waals surface area contributed by atoms with Crippen molar-refractivity contribution in [3.05, 3.63) is 78.6 Å². The van der Waals surface area contributed by atoms with Gasteiger partial charge in [-0.1, -0.05) is 12.1 Å². The Kier molecular flexibility index (Phi) is 4.30. The molecule has 8 nitrogen and oxygen atoms in total. The Labute approximate surface area is 148 Å². The van der Waals surface area contributed by atoms with Crippen LogP contribution in [0, 0.1) is 10.1 Å². The zero-order valence-electron chi connectivity index (χ0n) is 13.7. The number of nitrogens with zero attached hydrogens (tertiary/aromatic N) is 4. The van der Waals surface area contributed by atoms with E-state index in [0.29, 0.717) is 11.6 Å². The zero-order valence-corrected chi connectivity index (χ0v) is 13.7. The molecule has 0 aliphatic rings. The van der Waals surface area contributed by atoms with E-state index in [1.54, 1.807) is 0 Å². The second-order valence-corrected chi connectivity index (χ2v) is 5.73. The summed E-state index contributed by atoms with van der Waals surface area (Å²) in [5, 5.41) is 10.7. The molecule has 0 aliphatic heterocycles. The number of hydrogen-bond donors (Lipinski definition) is 0. The Bertz CT molecular complexity index is 1180. The molecule has 0 fully saturated rings. The van der Waals surface area contributed by atoms with Gasteiger partial charge in [-0.3, -0.25) is 24.0 Å². The quantitative estimate of drug-likeness (QED) is 0.512. The molecule has 11 heteroatoms. The van der Waals surface area contributed by atoms with Crippen molar-refractivity contribution in [3.63, 3.8) is 0 Å². The van der Waals surface area contributed by atoms with Crippen LogP contribution in [0.1, 0.15) is 11.3 Å².